The van der Waals surface area contributed by atoms with Gasteiger partial charge < -0.3 is 0 Å². The SMILES string of the molecule is C.FOF.[Fe]. The molecule has 0 aromatic rings. The monoisotopic (exact) mass is 126 g/mol. The van der Waals surface area contributed by atoms with E-state index in [9.17, 15) is 0 Å². The molecule has 0 saturated heterocycles. The molecule has 0 spiro atoms. The second-order valence-electron chi connectivity index (χ2n) is 0.0583. The Morgan fingerprint density at radius 2 is 1.20 bits per heavy atom. The Labute approximate surface area is 39.6 Å². The molecule has 0 N–H and O–H groups in total. The van der Waals surface area contributed by atoms with Crippen LogP contribution < -0.4 is 0 Å². The Morgan fingerprint density at radius 1 is 1.20 bits per heavy atom. The average Bonchev–Trinajstić information content (AvgIpc) is 0.918. The third kappa shape index (κ3) is 206. The van der Waals surface area contributed by atoms with E-state index in [0.717, 1.165) is 0 Å². The van der Waals surface area contributed by atoms with Gasteiger partial charge >= 0.3 is 0 Å². The van der Waals surface area contributed by atoms with Crippen molar-refractivity contribution in [2.75, 3.05) is 0 Å². The summed E-state index contributed by atoms with van der Waals surface area (Å²) < 4.78 is 18.2. The molecule has 0 fully saturated rings. The molecule has 0 aromatic carbocycles. The fourth-order valence-electron chi connectivity index (χ4n) is 0. The molecule has 0 aliphatic carbocycles. The molecule has 0 rings (SSSR count). The van der Waals surface area contributed by atoms with Crippen LogP contribution >= 0.6 is 0 Å². The predicted molar refractivity (Wildman–Crippen MR) is 10.0 cm³/mol. The first kappa shape index (κ1) is 18.4. The number of hydrogen-bond acceptors (Lipinski definition) is 1. The van der Waals surface area contributed by atoms with Crippen molar-refractivity contribution in [2.45, 2.75) is 7.43 Å². The van der Waals surface area contributed by atoms with Crippen molar-refractivity contribution in [2.24, 2.45) is 0 Å². The van der Waals surface area contributed by atoms with Crippen LogP contribution in [0.25, 0.3) is 0 Å². The Morgan fingerprint density at radius 3 is 1.20 bits per heavy atom. The molecule has 0 heterocycles. The van der Waals surface area contributed by atoms with Crippen LogP contribution in [-0.2, 0) is 22.2 Å². The summed E-state index contributed by atoms with van der Waals surface area (Å²) in [6, 6.07) is 0. The molecule has 1 nitrogen and oxygen atoms in total. The van der Waals surface area contributed by atoms with E-state index in [1.54, 1.807) is 0 Å². The average molecular weight is 126 g/mol. The summed E-state index contributed by atoms with van der Waals surface area (Å²) in [6.45, 7) is 0. The third-order valence-electron chi connectivity index (χ3n) is 0. The minimum atomic E-state index is 0. The molecule has 0 atom stereocenters. The van der Waals surface area contributed by atoms with Crippen molar-refractivity contribution >= 4 is 0 Å². The van der Waals surface area contributed by atoms with Crippen LogP contribution in [0, 0.1) is 0 Å². The summed E-state index contributed by atoms with van der Waals surface area (Å²) >= 11 is 0. The molecule has 36 valence electrons. The van der Waals surface area contributed by atoms with Crippen LogP contribution in [0.4, 0.5) is 9.05 Å². The standard InChI is InChI=1S/CH4.F2O.Fe/c;1-3-2;/h1H4;;. The summed E-state index contributed by atoms with van der Waals surface area (Å²) in [6.07, 6.45) is 0. The number of rotatable bonds is 0. The van der Waals surface area contributed by atoms with Gasteiger partial charge in [-0.2, -0.15) is 0 Å². The molecular formula is CH4F2FeO. The summed E-state index contributed by atoms with van der Waals surface area (Å²) in [5, 5.41) is 1.25. The zero-order valence-electron chi connectivity index (χ0n) is 1.52. The van der Waals surface area contributed by atoms with E-state index in [1.165, 1.54) is 5.15 Å². The Hall–Kier alpha value is 0.339. The summed E-state index contributed by atoms with van der Waals surface area (Å²) in [4.78, 5) is 0. The van der Waals surface area contributed by atoms with Gasteiger partial charge in [0.1, 0.15) is 0 Å². The van der Waals surface area contributed by atoms with Crippen LogP contribution in [0.1, 0.15) is 7.43 Å². The second-order valence-corrected chi connectivity index (χ2v) is 0.0583. The van der Waals surface area contributed by atoms with Gasteiger partial charge in [0.15, 0.2) is 0 Å². The van der Waals surface area contributed by atoms with Gasteiger partial charge in [0.2, 0.25) is 0 Å². The molecule has 0 aromatic heterocycles. The molecule has 0 unspecified atom stereocenters. The topological polar surface area (TPSA) is 9.23 Å². The predicted octanol–water partition coefficient (Wildman–Crippen LogP) is 1.41. The van der Waals surface area contributed by atoms with Gasteiger partial charge in [-0.3, -0.25) is 0 Å². The smallest absolute Gasteiger partial charge is 0.0209 e. The zero-order valence-corrected chi connectivity index (χ0v) is 2.62. The second kappa shape index (κ2) is 27.0. The van der Waals surface area contributed by atoms with Gasteiger partial charge in [-0.25, -0.2) is 0 Å². The van der Waals surface area contributed by atoms with Gasteiger partial charge in [0, 0.05) is 22.2 Å². The maximum absolute atomic E-state index is 9.12. The molecule has 0 saturated carbocycles. The Bertz CT molecular complexity index is 9.61. The van der Waals surface area contributed by atoms with Gasteiger partial charge in [-0.1, -0.05) is 7.43 Å². The fraction of sp³-hybridized carbons (Fsp3) is 1.00. The molecule has 4 heteroatoms. The molecule has 0 aliphatic heterocycles. The van der Waals surface area contributed by atoms with Crippen molar-refractivity contribution in [1.82, 2.24) is 0 Å². The van der Waals surface area contributed by atoms with E-state index in [2.05, 4.69) is 0 Å². The minimum absolute atomic E-state index is 0. The third-order valence-corrected chi connectivity index (χ3v) is 0. The first-order chi connectivity index (χ1) is 1.41. The van der Waals surface area contributed by atoms with Crippen molar-refractivity contribution in [3.8, 4) is 0 Å². The quantitative estimate of drug-likeness (QED) is 0.445. The van der Waals surface area contributed by atoms with Crippen molar-refractivity contribution in [1.29, 1.82) is 0 Å². The van der Waals surface area contributed by atoms with Crippen molar-refractivity contribution in [3.63, 3.8) is 0 Å². The summed E-state index contributed by atoms with van der Waals surface area (Å²) in [7, 11) is 0. The molecule has 0 bridgehead atoms. The number of halogens is 2. The van der Waals surface area contributed by atoms with E-state index in [0.29, 0.717) is 0 Å². The normalized spacial score (nSPS) is 3.60. The molecule has 0 radical (unpaired) electrons. The van der Waals surface area contributed by atoms with Gasteiger partial charge in [-0.15, -0.1) is 0 Å². The van der Waals surface area contributed by atoms with E-state index in [4.69, 9.17) is 9.05 Å². The maximum Gasteiger partial charge on any atom is 0.0209 e. The molecule has 0 amide bonds. The van der Waals surface area contributed by atoms with Crippen molar-refractivity contribution < 1.29 is 31.3 Å². The maximum atomic E-state index is 9.12. The fourth-order valence-corrected chi connectivity index (χ4v) is 0. The minimum Gasteiger partial charge on any atom is -0.0776 e. The van der Waals surface area contributed by atoms with E-state index in [-0.39, 0.29) is 24.5 Å². The van der Waals surface area contributed by atoms with Gasteiger partial charge in [0.25, 0.3) is 0 Å². The van der Waals surface area contributed by atoms with Crippen LogP contribution in [0.15, 0.2) is 0 Å². The van der Waals surface area contributed by atoms with E-state index in [1.807, 2.05) is 0 Å². The van der Waals surface area contributed by atoms with Crippen LogP contribution in [0.3, 0.4) is 0 Å². The molecule has 0 aliphatic rings. The number of hydrogen-bond donors (Lipinski definition) is 0. The Kier molecular flexibility index (Phi) is 99.1. The largest absolute Gasteiger partial charge is 0.0776 e. The summed E-state index contributed by atoms with van der Waals surface area (Å²) in [5.74, 6) is 0. The first-order valence-electron chi connectivity index (χ1n) is 0.309. The van der Waals surface area contributed by atoms with Gasteiger partial charge in [0.05, 0.1) is 0 Å². The van der Waals surface area contributed by atoms with E-state index >= 15 is 0 Å². The van der Waals surface area contributed by atoms with Crippen molar-refractivity contribution in [3.05, 3.63) is 0 Å². The zero-order chi connectivity index (χ0) is 2.71. The molecule has 5 heavy (non-hydrogen) atoms. The Balaban J connectivity index is -0.0000000200. The first-order valence-corrected chi connectivity index (χ1v) is 0.309. The van der Waals surface area contributed by atoms with Crippen LogP contribution in [0.2, 0.25) is 0 Å². The van der Waals surface area contributed by atoms with Crippen LogP contribution in [-0.4, -0.2) is 0 Å². The molecular weight excluding hydrogens is 122 g/mol. The van der Waals surface area contributed by atoms with Crippen LogP contribution in [0.5, 0.6) is 0 Å². The van der Waals surface area contributed by atoms with Gasteiger partial charge in [-0.05, 0) is 9.05 Å². The summed E-state index contributed by atoms with van der Waals surface area (Å²) in [5.41, 5.74) is 0. The van der Waals surface area contributed by atoms with E-state index < -0.39 is 0 Å².